The van der Waals surface area contributed by atoms with Crippen molar-refractivity contribution >= 4 is 27.8 Å². The number of hydrogen-bond donors (Lipinski definition) is 2. The Morgan fingerprint density at radius 1 is 1.10 bits per heavy atom. The van der Waals surface area contributed by atoms with Crippen LogP contribution in [-0.4, -0.2) is 56.7 Å². The Balaban J connectivity index is 1.97. The van der Waals surface area contributed by atoms with Crippen molar-refractivity contribution in [3.05, 3.63) is 29.8 Å². The highest BCUT2D eigenvalue weighted by molar-refractivity contribution is 7.89. The highest BCUT2D eigenvalue weighted by Gasteiger charge is 2.42. The summed E-state index contributed by atoms with van der Waals surface area (Å²) < 4.78 is 31.1. The Bertz CT molecular complexity index is 892. The van der Waals surface area contributed by atoms with Gasteiger partial charge >= 0.3 is 5.97 Å². The number of esters is 1. The molecule has 2 rings (SSSR count). The standard InChI is InChI=1S/C20H29N3O6S/c1-15(24)22-20(11-7-4-8-12-20)19(26)29-14-18(25)21-13-16-9-5-6-10-17(16)30(27,28)23(2)3/h5-6,9-10H,4,7-8,11-14H2,1-3H3,(H,21,25)(H,22,24). The third-order valence-corrected chi connectivity index (χ3v) is 6.97. The number of rotatable bonds is 8. The molecule has 0 aliphatic heterocycles. The summed E-state index contributed by atoms with van der Waals surface area (Å²) in [7, 11) is -0.797. The van der Waals surface area contributed by atoms with E-state index in [9.17, 15) is 22.8 Å². The van der Waals surface area contributed by atoms with Crippen molar-refractivity contribution in [2.75, 3.05) is 20.7 Å². The van der Waals surface area contributed by atoms with Crippen molar-refractivity contribution in [1.29, 1.82) is 0 Å². The third kappa shape index (κ3) is 5.79. The maximum atomic E-state index is 12.6. The van der Waals surface area contributed by atoms with E-state index in [-0.39, 0.29) is 17.3 Å². The Labute approximate surface area is 177 Å². The van der Waals surface area contributed by atoms with Gasteiger partial charge in [0.25, 0.3) is 5.91 Å². The largest absolute Gasteiger partial charge is 0.454 e. The van der Waals surface area contributed by atoms with Gasteiger partial charge in [0, 0.05) is 27.6 Å². The number of benzene rings is 1. The SMILES string of the molecule is CC(=O)NC1(C(=O)OCC(=O)NCc2ccccc2S(=O)(=O)N(C)C)CCCCC1. The average molecular weight is 440 g/mol. The second-order valence-corrected chi connectivity index (χ2v) is 9.69. The minimum Gasteiger partial charge on any atom is -0.454 e. The topological polar surface area (TPSA) is 122 Å². The van der Waals surface area contributed by atoms with E-state index in [2.05, 4.69) is 10.6 Å². The first-order chi connectivity index (χ1) is 14.1. The number of carbonyl (C=O) groups is 3. The Morgan fingerprint density at radius 2 is 1.73 bits per heavy atom. The maximum absolute atomic E-state index is 12.6. The highest BCUT2D eigenvalue weighted by Crippen LogP contribution is 2.29. The van der Waals surface area contributed by atoms with Crippen LogP contribution >= 0.6 is 0 Å². The summed E-state index contributed by atoms with van der Waals surface area (Å²) in [6.07, 6.45) is 3.51. The molecular formula is C20H29N3O6S. The van der Waals surface area contributed by atoms with Crippen LogP contribution in [0.2, 0.25) is 0 Å². The normalized spacial score (nSPS) is 16.0. The quantitative estimate of drug-likeness (QED) is 0.581. The third-order valence-electron chi connectivity index (χ3n) is 5.05. The fourth-order valence-electron chi connectivity index (χ4n) is 3.48. The van der Waals surface area contributed by atoms with Gasteiger partial charge in [-0.3, -0.25) is 9.59 Å². The Kier molecular flexibility index (Phi) is 7.96. The summed E-state index contributed by atoms with van der Waals surface area (Å²) >= 11 is 0. The van der Waals surface area contributed by atoms with Crippen LogP contribution in [0.25, 0.3) is 0 Å². The van der Waals surface area contributed by atoms with Crippen LogP contribution in [0.5, 0.6) is 0 Å². The lowest BCUT2D eigenvalue weighted by Crippen LogP contribution is -2.56. The first-order valence-electron chi connectivity index (χ1n) is 9.81. The summed E-state index contributed by atoms with van der Waals surface area (Å²) in [5.41, 5.74) is -0.663. The van der Waals surface area contributed by atoms with E-state index in [1.807, 2.05) is 0 Å². The smallest absolute Gasteiger partial charge is 0.332 e. The van der Waals surface area contributed by atoms with Crippen molar-refractivity contribution in [2.24, 2.45) is 0 Å². The number of ether oxygens (including phenoxy) is 1. The molecule has 1 aliphatic rings. The fourth-order valence-corrected chi connectivity index (χ4v) is 4.60. The molecule has 0 heterocycles. The lowest BCUT2D eigenvalue weighted by atomic mass is 9.81. The molecule has 0 saturated heterocycles. The molecule has 1 aromatic carbocycles. The lowest BCUT2D eigenvalue weighted by molar-refractivity contribution is -0.158. The van der Waals surface area contributed by atoms with Gasteiger partial charge in [0.2, 0.25) is 15.9 Å². The van der Waals surface area contributed by atoms with Gasteiger partial charge in [-0.1, -0.05) is 37.5 Å². The minimum atomic E-state index is -3.66. The maximum Gasteiger partial charge on any atom is 0.332 e. The van der Waals surface area contributed by atoms with Crippen molar-refractivity contribution in [3.63, 3.8) is 0 Å². The zero-order chi connectivity index (χ0) is 22.4. The molecule has 0 aromatic heterocycles. The minimum absolute atomic E-state index is 0.0313. The summed E-state index contributed by atoms with van der Waals surface area (Å²) in [6, 6.07) is 6.36. The lowest BCUT2D eigenvalue weighted by Gasteiger charge is -2.35. The molecule has 2 N–H and O–H groups in total. The second-order valence-electron chi connectivity index (χ2n) is 7.57. The molecule has 0 bridgehead atoms. The van der Waals surface area contributed by atoms with Gasteiger partial charge in [0.05, 0.1) is 4.90 Å². The van der Waals surface area contributed by atoms with Crippen molar-refractivity contribution in [3.8, 4) is 0 Å². The first-order valence-corrected chi connectivity index (χ1v) is 11.3. The van der Waals surface area contributed by atoms with Gasteiger partial charge in [-0.2, -0.15) is 0 Å². The molecular weight excluding hydrogens is 410 g/mol. The van der Waals surface area contributed by atoms with Crippen LogP contribution < -0.4 is 10.6 Å². The number of nitrogens with one attached hydrogen (secondary N) is 2. The summed E-state index contributed by atoms with van der Waals surface area (Å²) in [4.78, 5) is 36.4. The van der Waals surface area contributed by atoms with Crippen LogP contribution in [0, 0.1) is 0 Å². The molecule has 2 amide bonds. The van der Waals surface area contributed by atoms with E-state index in [1.54, 1.807) is 18.2 Å². The van der Waals surface area contributed by atoms with Gasteiger partial charge in [-0.15, -0.1) is 0 Å². The van der Waals surface area contributed by atoms with Crippen LogP contribution in [0.3, 0.4) is 0 Å². The molecule has 1 aliphatic carbocycles. The van der Waals surface area contributed by atoms with E-state index in [1.165, 1.54) is 27.1 Å². The van der Waals surface area contributed by atoms with E-state index in [4.69, 9.17) is 4.74 Å². The molecule has 0 radical (unpaired) electrons. The molecule has 1 aromatic rings. The number of sulfonamides is 1. The van der Waals surface area contributed by atoms with Crippen LogP contribution in [0.4, 0.5) is 0 Å². The molecule has 1 saturated carbocycles. The van der Waals surface area contributed by atoms with Gasteiger partial charge in [-0.25, -0.2) is 17.5 Å². The zero-order valence-corrected chi connectivity index (χ0v) is 18.4. The molecule has 1 fully saturated rings. The average Bonchev–Trinajstić information content (AvgIpc) is 2.70. The van der Waals surface area contributed by atoms with Gasteiger partial charge in [0.15, 0.2) is 6.61 Å². The molecule has 166 valence electrons. The highest BCUT2D eigenvalue weighted by atomic mass is 32.2. The van der Waals surface area contributed by atoms with Gasteiger partial charge < -0.3 is 15.4 Å². The predicted octanol–water partition coefficient (Wildman–Crippen LogP) is 0.935. The van der Waals surface area contributed by atoms with Crippen LogP contribution in [0.1, 0.15) is 44.6 Å². The summed E-state index contributed by atoms with van der Waals surface area (Å²) in [5.74, 6) is -1.51. The summed E-state index contributed by atoms with van der Waals surface area (Å²) in [6.45, 7) is 0.800. The predicted molar refractivity (Wildman–Crippen MR) is 110 cm³/mol. The number of amides is 2. The van der Waals surface area contributed by atoms with Crippen molar-refractivity contribution in [1.82, 2.24) is 14.9 Å². The number of hydrogen-bond acceptors (Lipinski definition) is 6. The van der Waals surface area contributed by atoms with E-state index in [0.29, 0.717) is 18.4 Å². The van der Waals surface area contributed by atoms with Crippen LogP contribution in [0.15, 0.2) is 29.2 Å². The molecule has 0 unspecified atom stereocenters. The van der Waals surface area contributed by atoms with E-state index >= 15 is 0 Å². The van der Waals surface area contributed by atoms with E-state index in [0.717, 1.165) is 23.6 Å². The first kappa shape index (κ1) is 23.8. The van der Waals surface area contributed by atoms with Gasteiger partial charge in [-0.05, 0) is 24.5 Å². The van der Waals surface area contributed by atoms with Crippen molar-refractivity contribution < 1.29 is 27.5 Å². The monoisotopic (exact) mass is 439 g/mol. The second kappa shape index (κ2) is 10.0. The molecule has 30 heavy (non-hydrogen) atoms. The molecule has 9 nitrogen and oxygen atoms in total. The van der Waals surface area contributed by atoms with E-state index < -0.39 is 34.0 Å². The summed E-state index contributed by atoms with van der Waals surface area (Å²) in [5, 5.41) is 5.27. The molecule has 0 atom stereocenters. The van der Waals surface area contributed by atoms with Crippen molar-refractivity contribution in [2.45, 2.75) is 56.0 Å². The van der Waals surface area contributed by atoms with Crippen LogP contribution in [-0.2, 0) is 35.7 Å². The fraction of sp³-hybridized carbons (Fsp3) is 0.550. The van der Waals surface area contributed by atoms with Gasteiger partial charge in [0.1, 0.15) is 5.54 Å². The Hall–Kier alpha value is -2.46. The molecule has 0 spiro atoms. The number of carbonyl (C=O) groups excluding carboxylic acids is 3. The zero-order valence-electron chi connectivity index (χ0n) is 17.6. The molecule has 10 heteroatoms. The Morgan fingerprint density at radius 3 is 2.33 bits per heavy atom. The number of nitrogens with zero attached hydrogens (tertiary/aromatic N) is 1.